The largest absolute Gasteiger partial charge is 0.423 e. The predicted molar refractivity (Wildman–Crippen MR) is 100 cm³/mol. The van der Waals surface area contributed by atoms with Crippen molar-refractivity contribution >= 4 is 28.7 Å². The molecule has 0 spiro atoms. The molecule has 1 atom stereocenters. The molecular formula is C18H11ClF6N6O. The molecule has 3 heterocycles. The molecule has 3 aromatic heterocycles. The first-order valence-corrected chi connectivity index (χ1v) is 9.18. The lowest BCUT2D eigenvalue weighted by Gasteiger charge is -2.13. The smallest absolute Gasteiger partial charge is 0.420 e. The highest BCUT2D eigenvalue weighted by Crippen LogP contribution is 2.38. The minimum atomic E-state index is -4.71. The van der Waals surface area contributed by atoms with Crippen LogP contribution in [0.15, 0.2) is 41.2 Å². The van der Waals surface area contributed by atoms with Crippen LogP contribution in [0.25, 0.3) is 16.9 Å². The van der Waals surface area contributed by atoms with E-state index < -0.39 is 35.1 Å². The van der Waals surface area contributed by atoms with Gasteiger partial charge < -0.3 is 9.73 Å². The van der Waals surface area contributed by atoms with Gasteiger partial charge in [0.05, 0.1) is 11.6 Å². The zero-order valence-electron chi connectivity index (χ0n) is 15.8. The van der Waals surface area contributed by atoms with Crippen molar-refractivity contribution < 1.29 is 30.8 Å². The van der Waals surface area contributed by atoms with Gasteiger partial charge in [-0.05, 0) is 31.2 Å². The maximum atomic E-state index is 13.3. The number of oxazole rings is 1. The Balaban J connectivity index is 1.63. The summed E-state index contributed by atoms with van der Waals surface area (Å²) >= 11 is 5.75. The number of hydrogen-bond acceptors (Lipinski definition) is 6. The molecule has 4 aromatic rings. The first-order valence-electron chi connectivity index (χ1n) is 8.81. The highest BCUT2D eigenvalue weighted by atomic mass is 35.5. The lowest BCUT2D eigenvalue weighted by Crippen LogP contribution is -2.15. The summed E-state index contributed by atoms with van der Waals surface area (Å²) in [4.78, 5) is 11.8. The predicted octanol–water partition coefficient (Wildman–Crippen LogP) is 5.67. The molecule has 0 fully saturated rings. The zero-order chi connectivity index (χ0) is 23.3. The van der Waals surface area contributed by atoms with Gasteiger partial charge in [-0.3, -0.25) is 0 Å². The second-order valence-electron chi connectivity index (χ2n) is 6.62. The van der Waals surface area contributed by atoms with Gasteiger partial charge in [-0.15, -0.1) is 0 Å². The van der Waals surface area contributed by atoms with Gasteiger partial charge in [-0.25, -0.2) is 9.97 Å². The molecule has 0 saturated heterocycles. The van der Waals surface area contributed by atoms with E-state index in [1.807, 2.05) is 0 Å². The Kier molecular flexibility index (Phi) is 5.23. The fourth-order valence-electron chi connectivity index (χ4n) is 2.92. The maximum absolute atomic E-state index is 13.3. The van der Waals surface area contributed by atoms with E-state index >= 15 is 0 Å². The zero-order valence-corrected chi connectivity index (χ0v) is 16.6. The van der Waals surface area contributed by atoms with Crippen molar-refractivity contribution in [2.75, 3.05) is 5.32 Å². The van der Waals surface area contributed by atoms with Gasteiger partial charge in [0.25, 0.3) is 6.01 Å². The van der Waals surface area contributed by atoms with Gasteiger partial charge in [0.15, 0.2) is 17.2 Å². The highest BCUT2D eigenvalue weighted by molar-refractivity contribution is 6.31. The molecule has 1 N–H and O–H groups in total. The number of rotatable bonds is 4. The van der Waals surface area contributed by atoms with Crippen molar-refractivity contribution in [1.29, 1.82) is 0 Å². The number of hydrogen-bond donors (Lipinski definition) is 1. The van der Waals surface area contributed by atoms with Crippen LogP contribution in [-0.4, -0.2) is 24.7 Å². The van der Waals surface area contributed by atoms with Gasteiger partial charge in [0.1, 0.15) is 17.4 Å². The van der Waals surface area contributed by atoms with Crippen LogP contribution in [-0.2, 0) is 12.4 Å². The van der Waals surface area contributed by atoms with Gasteiger partial charge in [0, 0.05) is 11.2 Å². The number of anilines is 1. The van der Waals surface area contributed by atoms with E-state index in [1.54, 1.807) is 6.92 Å². The molecule has 0 saturated carbocycles. The van der Waals surface area contributed by atoms with Crippen molar-refractivity contribution in [1.82, 2.24) is 24.7 Å². The van der Waals surface area contributed by atoms with E-state index in [4.69, 9.17) is 16.0 Å². The van der Waals surface area contributed by atoms with Crippen LogP contribution in [0.2, 0.25) is 5.02 Å². The summed E-state index contributed by atoms with van der Waals surface area (Å²) in [5.74, 6) is 0.261. The standard InChI is InChI=1S/C18H11ClF6N6O/c1-8(15-27-7-28-31(15)13-3-2-9(6-26-13)17(20,21)22)29-16-30-12-5-10(19)4-11(14(12)32-16)18(23,24)25/h2-8H,1H3,(H,29,30)/t8-/m0/s1. The van der Waals surface area contributed by atoms with Gasteiger partial charge in [-0.1, -0.05) is 11.6 Å². The first-order chi connectivity index (χ1) is 14.9. The third-order valence-electron chi connectivity index (χ3n) is 4.35. The van der Waals surface area contributed by atoms with Crippen molar-refractivity contribution in [3.8, 4) is 5.82 Å². The Morgan fingerprint density at radius 3 is 2.44 bits per heavy atom. The minimum absolute atomic E-state index is 0.0582. The number of pyridine rings is 1. The fourth-order valence-corrected chi connectivity index (χ4v) is 3.13. The van der Waals surface area contributed by atoms with E-state index in [9.17, 15) is 26.3 Å². The van der Waals surface area contributed by atoms with E-state index in [2.05, 4.69) is 25.4 Å². The second-order valence-corrected chi connectivity index (χ2v) is 7.05. The molecule has 0 aliphatic heterocycles. The van der Waals surface area contributed by atoms with Crippen LogP contribution in [0.5, 0.6) is 0 Å². The first kappa shape index (κ1) is 21.9. The van der Waals surface area contributed by atoms with Crippen LogP contribution in [0, 0.1) is 0 Å². The average Bonchev–Trinajstić information content (AvgIpc) is 3.32. The Morgan fingerprint density at radius 2 is 1.81 bits per heavy atom. The number of alkyl halides is 6. The van der Waals surface area contributed by atoms with Gasteiger partial charge in [-0.2, -0.15) is 41.1 Å². The van der Waals surface area contributed by atoms with Gasteiger partial charge >= 0.3 is 12.4 Å². The van der Waals surface area contributed by atoms with E-state index in [-0.39, 0.29) is 28.2 Å². The van der Waals surface area contributed by atoms with Crippen LogP contribution >= 0.6 is 11.6 Å². The summed E-state index contributed by atoms with van der Waals surface area (Å²) in [7, 11) is 0. The van der Waals surface area contributed by atoms with Gasteiger partial charge in [0.2, 0.25) is 0 Å². The third-order valence-corrected chi connectivity index (χ3v) is 4.57. The monoisotopic (exact) mass is 476 g/mol. The Hall–Kier alpha value is -3.35. The van der Waals surface area contributed by atoms with Crippen molar-refractivity contribution in [3.05, 3.63) is 58.8 Å². The minimum Gasteiger partial charge on any atom is -0.423 e. The lowest BCUT2D eigenvalue weighted by molar-refractivity contribution is -0.138. The van der Waals surface area contributed by atoms with Crippen LogP contribution < -0.4 is 5.32 Å². The molecule has 168 valence electrons. The number of halogens is 7. The van der Waals surface area contributed by atoms with Crippen molar-refractivity contribution in [2.24, 2.45) is 0 Å². The Morgan fingerprint density at radius 1 is 1.06 bits per heavy atom. The number of aromatic nitrogens is 5. The summed E-state index contributed by atoms with van der Waals surface area (Å²) in [6, 6.07) is 2.95. The Labute approximate surface area is 180 Å². The number of fused-ring (bicyclic) bond motifs is 1. The molecule has 0 aliphatic rings. The second kappa shape index (κ2) is 7.65. The molecule has 7 nitrogen and oxygen atoms in total. The quantitative estimate of drug-likeness (QED) is 0.382. The summed E-state index contributed by atoms with van der Waals surface area (Å²) in [6.45, 7) is 1.58. The summed E-state index contributed by atoms with van der Waals surface area (Å²) < 4.78 is 84.5. The van der Waals surface area contributed by atoms with E-state index in [0.717, 1.165) is 24.5 Å². The number of nitrogens with zero attached hydrogens (tertiary/aromatic N) is 5. The summed E-state index contributed by atoms with van der Waals surface area (Å²) in [5, 5.41) is 6.54. The fraction of sp³-hybridized carbons (Fsp3) is 0.222. The molecular weight excluding hydrogens is 466 g/mol. The molecule has 4 rings (SSSR count). The van der Waals surface area contributed by atoms with Crippen molar-refractivity contribution in [3.63, 3.8) is 0 Å². The highest BCUT2D eigenvalue weighted by Gasteiger charge is 2.35. The lowest BCUT2D eigenvalue weighted by atomic mass is 10.2. The van der Waals surface area contributed by atoms with E-state index in [1.165, 1.54) is 10.7 Å². The number of nitrogens with one attached hydrogen (secondary N) is 1. The molecule has 0 radical (unpaired) electrons. The average molecular weight is 477 g/mol. The number of benzene rings is 1. The molecule has 1 aromatic carbocycles. The third kappa shape index (κ3) is 4.20. The molecule has 0 unspecified atom stereocenters. The topological polar surface area (TPSA) is 81.7 Å². The molecule has 0 bridgehead atoms. The van der Waals surface area contributed by atoms with E-state index in [0.29, 0.717) is 6.20 Å². The summed E-state index contributed by atoms with van der Waals surface area (Å²) in [6.07, 6.45) is -7.45. The Bertz CT molecular complexity index is 1260. The normalized spacial score (nSPS) is 13.5. The van der Waals surface area contributed by atoms with Crippen molar-refractivity contribution in [2.45, 2.75) is 25.3 Å². The molecule has 0 amide bonds. The van der Waals surface area contributed by atoms with Crippen LogP contribution in [0.1, 0.15) is 29.9 Å². The molecule has 14 heteroatoms. The van der Waals surface area contributed by atoms with Crippen LogP contribution in [0.3, 0.4) is 0 Å². The summed E-state index contributed by atoms with van der Waals surface area (Å²) in [5.41, 5.74) is -2.61. The SMILES string of the molecule is C[C@H](Nc1nc2cc(Cl)cc(C(F)(F)F)c2o1)c1ncnn1-c1ccc(C(F)(F)F)cn1. The molecule has 32 heavy (non-hydrogen) atoms. The maximum Gasteiger partial charge on any atom is 0.420 e. The van der Waals surface area contributed by atoms with Crippen LogP contribution in [0.4, 0.5) is 32.4 Å². The molecule has 0 aliphatic carbocycles.